The zero-order valence-corrected chi connectivity index (χ0v) is 16.9. The molecule has 3 atom stereocenters. The van der Waals surface area contributed by atoms with Crippen LogP contribution in [0.3, 0.4) is 0 Å². The quantitative estimate of drug-likeness (QED) is 0.649. The molecular formula is C17H32N2O5S. The van der Waals surface area contributed by atoms with E-state index < -0.39 is 28.6 Å². The summed E-state index contributed by atoms with van der Waals surface area (Å²) in [5, 5.41) is 1.37. The van der Waals surface area contributed by atoms with Gasteiger partial charge in [0.05, 0.1) is 5.92 Å². The SMILES string of the molecule is C=CS(=O)N1CC[C@H](C(=O)N(C)[C@H](C(=O)OC(C)(C)C)C(C)C)C1.O. The number of hydrogen-bond acceptors (Lipinski definition) is 4. The van der Waals surface area contributed by atoms with Gasteiger partial charge in [-0.2, -0.15) is 0 Å². The number of likely N-dealkylation sites (N-methyl/N-ethyl adjacent to an activating group) is 1. The Morgan fingerprint density at radius 2 is 1.92 bits per heavy atom. The summed E-state index contributed by atoms with van der Waals surface area (Å²) in [6, 6.07) is -0.629. The van der Waals surface area contributed by atoms with Crippen LogP contribution in [0, 0.1) is 11.8 Å². The first-order chi connectivity index (χ1) is 11.0. The first-order valence-corrected chi connectivity index (χ1v) is 9.42. The van der Waals surface area contributed by atoms with Gasteiger partial charge < -0.3 is 15.1 Å². The van der Waals surface area contributed by atoms with Gasteiger partial charge in [0.25, 0.3) is 0 Å². The maximum atomic E-state index is 12.8. The van der Waals surface area contributed by atoms with Crippen molar-refractivity contribution in [1.82, 2.24) is 9.21 Å². The zero-order chi connectivity index (χ0) is 18.7. The molecule has 0 bridgehead atoms. The minimum absolute atomic E-state index is 0. The van der Waals surface area contributed by atoms with E-state index in [9.17, 15) is 13.8 Å². The van der Waals surface area contributed by atoms with Crippen molar-refractivity contribution in [3.05, 3.63) is 12.0 Å². The maximum Gasteiger partial charge on any atom is 0.329 e. The maximum absolute atomic E-state index is 12.8. The molecule has 1 saturated heterocycles. The number of rotatable bonds is 6. The second kappa shape index (κ2) is 9.45. The molecule has 8 heteroatoms. The van der Waals surface area contributed by atoms with E-state index in [4.69, 9.17) is 4.74 Å². The van der Waals surface area contributed by atoms with Crippen molar-refractivity contribution in [2.45, 2.75) is 52.7 Å². The fourth-order valence-corrected chi connectivity index (χ4v) is 3.69. The molecule has 0 aliphatic carbocycles. The van der Waals surface area contributed by atoms with Crippen LogP contribution >= 0.6 is 0 Å². The van der Waals surface area contributed by atoms with Gasteiger partial charge in [-0.1, -0.05) is 20.4 Å². The topological polar surface area (TPSA) is 98.4 Å². The summed E-state index contributed by atoms with van der Waals surface area (Å²) in [6.45, 7) is 13.7. The standard InChI is InChI=1S/C17H30N2O4S.H2O/c1-8-24(22)19-10-9-13(11-19)15(20)18(7)14(12(2)3)16(21)23-17(4,5)6;/h8,12-14H,1,9-11H2,2-7H3;1H2/t13-,14-,24?;/m0./s1. The highest BCUT2D eigenvalue weighted by atomic mass is 32.2. The van der Waals surface area contributed by atoms with Crippen molar-refractivity contribution < 1.29 is 24.0 Å². The largest absolute Gasteiger partial charge is 0.458 e. The van der Waals surface area contributed by atoms with Crippen molar-refractivity contribution in [3.63, 3.8) is 0 Å². The Morgan fingerprint density at radius 1 is 1.36 bits per heavy atom. The molecule has 1 heterocycles. The molecule has 0 aromatic carbocycles. The lowest BCUT2D eigenvalue weighted by atomic mass is 9.99. The molecular weight excluding hydrogens is 344 g/mol. The van der Waals surface area contributed by atoms with Crippen LogP contribution in [0.25, 0.3) is 0 Å². The fourth-order valence-electron chi connectivity index (χ4n) is 2.86. The number of nitrogens with zero attached hydrogens (tertiary/aromatic N) is 2. The van der Waals surface area contributed by atoms with Crippen LogP contribution in [0.1, 0.15) is 41.0 Å². The Kier molecular flexibility index (Phi) is 8.98. The first-order valence-electron chi connectivity index (χ1n) is 8.25. The number of hydrogen-bond donors (Lipinski definition) is 0. The van der Waals surface area contributed by atoms with E-state index in [-0.39, 0.29) is 23.2 Å². The van der Waals surface area contributed by atoms with Gasteiger partial charge >= 0.3 is 5.97 Å². The molecule has 0 aromatic rings. The molecule has 1 rings (SSSR count). The Hall–Kier alpha value is -1.25. The van der Waals surface area contributed by atoms with Crippen molar-refractivity contribution in [2.24, 2.45) is 11.8 Å². The second-order valence-electron chi connectivity index (χ2n) is 7.49. The molecule has 1 amide bonds. The number of esters is 1. The monoisotopic (exact) mass is 376 g/mol. The average molecular weight is 377 g/mol. The van der Waals surface area contributed by atoms with Crippen LogP contribution < -0.4 is 0 Å². The van der Waals surface area contributed by atoms with Crippen LogP contribution in [0.4, 0.5) is 0 Å². The van der Waals surface area contributed by atoms with Gasteiger partial charge in [-0.25, -0.2) is 13.3 Å². The van der Waals surface area contributed by atoms with E-state index in [0.717, 1.165) is 0 Å². The Bertz CT molecular complexity index is 516. The third-order valence-electron chi connectivity index (χ3n) is 3.94. The molecule has 0 saturated carbocycles. The molecule has 1 fully saturated rings. The molecule has 0 aromatic heterocycles. The fraction of sp³-hybridized carbons (Fsp3) is 0.765. The van der Waals surface area contributed by atoms with Crippen LogP contribution in [0.5, 0.6) is 0 Å². The normalized spacial score (nSPS) is 20.5. The summed E-state index contributed by atoms with van der Waals surface area (Å²) < 4.78 is 19.0. The van der Waals surface area contributed by atoms with Gasteiger partial charge in [-0.3, -0.25) is 4.79 Å². The Morgan fingerprint density at radius 3 is 2.36 bits per heavy atom. The van der Waals surface area contributed by atoms with E-state index in [0.29, 0.717) is 19.5 Å². The van der Waals surface area contributed by atoms with Crippen LogP contribution in [-0.2, 0) is 25.3 Å². The van der Waals surface area contributed by atoms with Gasteiger partial charge in [0.15, 0.2) is 0 Å². The van der Waals surface area contributed by atoms with Crippen LogP contribution in [-0.4, -0.2) is 62.5 Å². The van der Waals surface area contributed by atoms with Gasteiger partial charge in [0.2, 0.25) is 5.91 Å². The van der Waals surface area contributed by atoms with E-state index in [2.05, 4.69) is 6.58 Å². The summed E-state index contributed by atoms with van der Waals surface area (Å²) in [6.07, 6.45) is 0.627. The summed E-state index contributed by atoms with van der Waals surface area (Å²) in [7, 11) is 0.383. The predicted octanol–water partition coefficient (Wildman–Crippen LogP) is 1.12. The minimum Gasteiger partial charge on any atom is -0.458 e. The van der Waals surface area contributed by atoms with Gasteiger partial charge in [-0.15, -0.1) is 0 Å². The lowest BCUT2D eigenvalue weighted by molar-refractivity contribution is -0.166. The number of carbonyl (C=O) groups is 2. The molecule has 0 radical (unpaired) electrons. The Labute approximate surface area is 153 Å². The van der Waals surface area contributed by atoms with Crippen LogP contribution in [0.2, 0.25) is 0 Å². The first kappa shape index (κ1) is 23.8. The summed E-state index contributed by atoms with van der Waals surface area (Å²) in [5.74, 6) is -0.822. The molecule has 1 unspecified atom stereocenters. The van der Waals surface area contributed by atoms with E-state index in [1.54, 1.807) is 11.4 Å². The van der Waals surface area contributed by atoms with E-state index in [1.165, 1.54) is 10.3 Å². The smallest absolute Gasteiger partial charge is 0.329 e. The number of carbonyl (C=O) groups excluding carboxylic acids is 2. The van der Waals surface area contributed by atoms with Crippen LogP contribution in [0.15, 0.2) is 12.0 Å². The predicted molar refractivity (Wildman–Crippen MR) is 98.9 cm³/mol. The van der Waals surface area contributed by atoms with Crippen molar-refractivity contribution in [1.29, 1.82) is 0 Å². The summed E-state index contributed by atoms with van der Waals surface area (Å²) in [4.78, 5) is 26.8. The van der Waals surface area contributed by atoms with Crippen molar-refractivity contribution >= 4 is 22.9 Å². The summed E-state index contributed by atoms with van der Waals surface area (Å²) >= 11 is 0. The lowest BCUT2D eigenvalue weighted by Crippen LogP contribution is -2.50. The molecule has 146 valence electrons. The average Bonchev–Trinajstić information content (AvgIpc) is 2.92. The molecule has 2 N–H and O–H groups in total. The third-order valence-corrected chi connectivity index (χ3v) is 5.07. The van der Waals surface area contributed by atoms with Crippen molar-refractivity contribution in [2.75, 3.05) is 20.1 Å². The van der Waals surface area contributed by atoms with Gasteiger partial charge in [-0.05, 0) is 33.1 Å². The molecule has 0 spiro atoms. The zero-order valence-electron chi connectivity index (χ0n) is 16.1. The Balaban J connectivity index is 0.00000576. The lowest BCUT2D eigenvalue weighted by Gasteiger charge is -2.33. The summed E-state index contributed by atoms with van der Waals surface area (Å²) in [5.41, 5.74) is -0.598. The second-order valence-corrected chi connectivity index (χ2v) is 8.89. The molecule has 1 aliphatic heterocycles. The molecule has 7 nitrogen and oxygen atoms in total. The highest BCUT2D eigenvalue weighted by Gasteiger charge is 2.38. The van der Waals surface area contributed by atoms with Gasteiger partial charge in [0.1, 0.15) is 22.6 Å². The highest BCUT2D eigenvalue weighted by molar-refractivity contribution is 7.85. The minimum atomic E-state index is -1.26. The van der Waals surface area contributed by atoms with Crippen molar-refractivity contribution in [3.8, 4) is 0 Å². The molecule has 1 aliphatic rings. The number of amides is 1. The van der Waals surface area contributed by atoms with E-state index >= 15 is 0 Å². The third kappa shape index (κ3) is 6.52. The van der Waals surface area contributed by atoms with Gasteiger partial charge in [0, 0.05) is 25.5 Å². The molecule has 25 heavy (non-hydrogen) atoms. The van der Waals surface area contributed by atoms with E-state index in [1.807, 2.05) is 34.6 Å². The highest BCUT2D eigenvalue weighted by Crippen LogP contribution is 2.23. The number of ether oxygens (including phenoxy) is 1.